The zero-order valence-corrected chi connectivity index (χ0v) is 9.62. The summed E-state index contributed by atoms with van der Waals surface area (Å²) in [6.45, 7) is -0.792. The first-order valence-corrected chi connectivity index (χ1v) is 5.34. The number of hydroxylamine groups is 1. The SMILES string of the molecule is O=C(NOCC(F)(F)F)c1ccc2c(c1)OCCO2. The van der Waals surface area contributed by atoms with Crippen LogP contribution in [0, 0.1) is 0 Å². The van der Waals surface area contributed by atoms with Gasteiger partial charge >= 0.3 is 6.18 Å². The third-order valence-corrected chi connectivity index (χ3v) is 2.21. The van der Waals surface area contributed by atoms with E-state index < -0.39 is 18.7 Å². The van der Waals surface area contributed by atoms with Gasteiger partial charge in [0.05, 0.1) is 0 Å². The molecule has 104 valence electrons. The van der Waals surface area contributed by atoms with Crippen molar-refractivity contribution in [2.75, 3.05) is 19.8 Å². The standard InChI is InChI=1S/C11H10F3NO4/c12-11(13,14)6-19-15-10(16)7-1-2-8-9(5-7)18-4-3-17-8/h1-2,5H,3-4,6H2,(H,15,16). The van der Waals surface area contributed by atoms with E-state index in [1.165, 1.54) is 18.2 Å². The molecule has 0 spiro atoms. The summed E-state index contributed by atoms with van der Waals surface area (Å²) in [4.78, 5) is 15.6. The predicted octanol–water partition coefficient (Wildman–Crippen LogP) is 1.68. The Hall–Kier alpha value is -1.96. The number of benzene rings is 1. The van der Waals surface area contributed by atoms with Gasteiger partial charge in [-0.2, -0.15) is 13.2 Å². The maximum Gasteiger partial charge on any atom is 0.414 e. The number of fused-ring (bicyclic) bond motifs is 1. The number of halogens is 3. The highest BCUT2D eigenvalue weighted by Crippen LogP contribution is 2.30. The monoisotopic (exact) mass is 277 g/mol. The van der Waals surface area contributed by atoms with Crippen molar-refractivity contribution in [2.24, 2.45) is 0 Å². The van der Waals surface area contributed by atoms with Crippen LogP contribution >= 0.6 is 0 Å². The molecule has 1 amide bonds. The molecule has 0 saturated heterocycles. The third kappa shape index (κ3) is 3.75. The highest BCUT2D eigenvalue weighted by atomic mass is 19.4. The predicted molar refractivity (Wildman–Crippen MR) is 56.9 cm³/mol. The highest BCUT2D eigenvalue weighted by molar-refractivity contribution is 5.94. The number of hydrogen-bond donors (Lipinski definition) is 1. The second-order valence-corrected chi connectivity index (χ2v) is 3.69. The van der Waals surface area contributed by atoms with E-state index in [1.807, 2.05) is 0 Å². The van der Waals surface area contributed by atoms with E-state index >= 15 is 0 Å². The molecule has 5 nitrogen and oxygen atoms in total. The van der Waals surface area contributed by atoms with Gasteiger partial charge in [0.2, 0.25) is 0 Å². The van der Waals surface area contributed by atoms with E-state index in [2.05, 4.69) is 4.84 Å². The molecular weight excluding hydrogens is 267 g/mol. The number of amides is 1. The normalized spacial score (nSPS) is 14.1. The number of carbonyl (C=O) groups is 1. The average Bonchev–Trinajstić information content (AvgIpc) is 2.36. The van der Waals surface area contributed by atoms with Crippen LogP contribution in [0.2, 0.25) is 0 Å². The van der Waals surface area contributed by atoms with E-state index in [1.54, 1.807) is 5.48 Å². The van der Waals surface area contributed by atoms with Crippen LogP contribution in [-0.2, 0) is 4.84 Å². The first-order valence-electron chi connectivity index (χ1n) is 5.34. The summed E-state index contributed by atoms with van der Waals surface area (Å²) in [5.74, 6) is 0.0648. The van der Waals surface area contributed by atoms with E-state index in [9.17, 15) is 18.0 Å². The molecule has 1 aliphatic heterocycles. The van der Waals surface area contributed by atoms with Gasteiger partial charge in [0.25, 0.3) is 5.91 Å². The molecular formula is C11H10F3NO4. The first-order chi connectivity index (χ1) is 8.96. The van der Waals surface area contributed by atoms with Crippen molar-refractivity contribution in [3.63, 3.8) is 0 Å². The van der Waals surface area contributed by atoms with Crippen molar-refractivity contribution in [3.05, 3.63) is 23.8 Å². The number of alkyl halides is 3. The van der Waals surface area contributed by atoms with Gasteiger partial charge in [0.15, 0.2) is 18.1 Å². The molecule has 0 saturated carbocycles. The van der Waals surface area contributed by atoms with Gasteiger partial charge in [-0.25, -0.2) is 5.48 Å². The van der Waals surface area contributed by atoms with Crippen LogP contribution in [-0.4, -0.2) is 31.9 Å². The molecule has 1 heterocycles. The molecule has 2 rings (SSSR count). The molecule has 0 radical (unpaired) electrons. The molecule has 1 N–H and O–H groups in total. The van der Waals surface area contributed by atoms with Crippen LogP contribution in [0.4, 0.5) is 13.2 Å². The summed E-state index contributed by atoms with van der Waals surface area (Å²) in [5, 5.41) is 0. The average molecular weight is 277 g/mol. The second-order valence-electron chi connectivity index (χ2n) is 3.69. The Bertz CT molecular complexity index is 475. The summed E-state index contributed by atoms with van der Waals surface area (Å²) >= 11 is 0. The number of carbonyl (C=O) groups excluding carboxylic acids is 1. The van der Waals surface area contributed by atoms with E-state index in [0.29, 0.717) is 24.7 Å². The van der Waals surface area contributed by atoms with Gasteiger partial charge in [0, 0.05) is 5.56 Å². The largest absolute Gasteiger partial charge is 0.486 e. The molecule has 1 aromatic carbocycles. The van der Waals surface area contributed by atoms with Crippen LogP contribution < -0.4 is 15.0 Å². The molecule has 8 heteroatoms. The minimum atomic E-state index is -4.50. The van der Waals surface area contributed by atoms with Gasteiger partial charge in [0.1, 0.15) is 13.2 Å². The van der Waals surface area contributed by atoms with Crippen LogP contribution in [0.3, 0.4) is 0 Å². The molecule has 0 unspecified atom stereocenters. The number of rotatable bonds is 3. The lowest BCUT2D eigenvalue weighted by molar-refractivity contribution is -0.184. The van der Waals surface area contributed by atoms with Crippen LogP contribution in [0.5, 0.6) is 11.5 Å². The molecule has 0 atom stereocenters. The molecule has 0 aromatic heterocycles. The Kier molecular flexibility index (Phi) is 3.79. The fourth-order valence-electron chi connectivity index (χ4n) is 1.43. The summed E-state index contributed by atoms with van der Waals surface area (Å²) < 4.78 is 46.0. The molecule has 1 aromatic rings. The van der Waals surface area contributed by atoms with Crippen molar-refractivity contribution < 1.29 is 32.3 Å². The Balaban J connectivity index is 1.96. The summed E-state index contributed by atoms with van der Waals surface area (Å²) in [6.07, 6.45) is -4.50. The van der Waals surface area contributed by atoms with E-state index in [4.69, 9.17) is 9.47 Å². The van der Waals surface area contributed by atoms with E-state index in [-0.39, 0.29) is 5.56 Å². The summed E-state index contributed by atoms with van der Waals surface area (Å²) in [5.41, 5.74) is 1.82. The molecule has 0 aliphatic carbocycles. The second kappa shape index (κ2) is 5.35. The zero-order valence-electron chi connectivity index (χ0n) is 9.62. The van der Waals surface area contributed by atoms with Gasteiger partial charge in [-0.3, -0.25) is 9.63 Å². The van der Waals surface area contributed by atoms with Gasteiger partial charge in [-0.05, 0) is 18.2 Å². The van der Waals surface area contributed by atoms with Crippen LogP contribution in [0.1, 0.15) is 10.4 Å². The fraction of sp³-hybridized carbons (Fsp3) is 0.364. The number of hydrogen-bond acceptors (Lipinski definition) is 4. The smallest absolute Gasteiger partial charge is 0.414 e. The molecule has 0 bridgehead atoms. The first kappa shape index (κ1) is 13.5. The van der Waals surface area contributed by atoms with Crippen LogP contribution in [0.25, 0.3) is 0 Å². The summed E-state index contributed by atoms with van der Waals surface area (Å²) in [7, 11) is 0. The molecule has 0 fully saturated rings. The zero-order chi connectivity index (χ0) is 13.9. The Morgan fingerprint density at radius 3 is 2.63 bits per heavy atom. The Morgan fingerprint density at radius 2 is 1.95 bits per heavy atom. The number of ether oxygens (including phenoxy) is 2. The minimum absolute atomic E-state index is 0.117. The van der Waals surface area contributed by atoms with Gasteiger partial charge < -0.3 is 9.47 Å². The third-order valence-electron chi connectivity index (χ3n) is 2.21. The molecule has 1 aliphatic rings. The van der Waals surface area contributed by atoms with Crippen molar-refractivity contribution in [1.82, 2.24) is 5.48 Å². The van der Waals surface area contributed by atoms with Gasteiger partial charge in [-0.15, -0.1) is 0 Å². The minimum Gasteiger partial charge on any atom is -0.486 e. The topological polar surface area (TPSA) is 56.8 Å². The Morgan fingerprint density at radius 1 is 1.26 bits per heavy atom. The highest BCUT2D eigenvalue weighted by Gasteiger charge is 2.28. The lowest BCUT2D eigenvalue weighted by Gasteiger charge is -2.18. The van der Waals surface area contributed by atoms with Crippen molar-refractivity contribution >= 4 is 5.91 Å². The van der Waals surface area contributed by atoms with Crippen LogP contribution in [0.15, 0.2) is 18.2 Å². The number of nitrogens with one attached hydrogen (secondary N) is 1. The quantitative estimate of drug-likeness (QED) is 0.854. The maximum absolute atomic E-state index is 11.8. The Labute approximate surface area is 106 Å². The van der Waals surface area contributed by atoms with Crippen molar-refractivity contribution in [2.45, 2.75) is 6.18 Å². The molecule has 19 heavy (non-hydrogen) atoms. The van der Waals surface area contributed by atoms with Crippen molar-refractivity contribution in [1.29, 1.82) is 0 Å². The lowest BCUT2D eigenvalue weighted by Crippen LogP contribution is -2.29. The van der Waals surface area contributed by atoms with Crippen molar-refractivity contribution in [3.8, 4) is 11.5 Å². The van der Waals surface area contributed by atoms with E-state index in [0.717, 1.165) is 0 Å². The fourth-order valence-corrected chi connectivity index (χ4v) is 1.43. The maximum atomic E-state index is 11.8. The van der Waals surface area contributed by atoms with Gasteiger partial charge in [-0.1, -0.05) is 0 Å². The lowest BCUT2D eigenvalue weighted by atomic mass is 10.2. The summed E-state index contributed by atoms with van der Waals surface area (Å²) in [6, 6.07) is 4.29.